The average Bonchev–Trinajstić information content (AvgIpc) is 2.89. The minimum absolute atomic E-state index is 0.465. The van der Waals surface area contributed by atoms with Gasteiger partial charge in [0, 0.05) is 45.1 Å². The molecular formula is C19H19ClN6. The first-order valence-corrected chi connectivity index (χ1v) is 9.07. The van der Waals surface area contributed by atoms with Crippen molar-refractivity contribution in [2.45, 2.75) is 13.0 Å². The monoisotopic (exact) mass is 366 g/mol. The number of nitrogens with zero attached hydrogens (tertiary/aromatic N) is 6. The van der Waals surface area contributed by atoms with Crippen molar-refractivity contribution in [2.75, 3.05) is 31.1 Å². The van der Waals surface area contributed by atoms with E-state index < -0.39 is 0 Å². The van der Waals surface area contributed by atoms with E-state index in [1.54, 1.807) is 6.07 Å². The Morgan fingerprint density at radius 2 is 1.96 bits per heavy atom. The van der Waals surface area contributed by atoms with Crippen molar-refractivity contribution >= 4 is 23.1 Å². The predicted octanol–water partition coefficient (Wildman–Crippen LogP) is 2.97. The van der Waals surface area contributed by atoms with Crippen molar-refractivity contribution in [3.63, 3.8) is 0 Å². The maximum absolute atomic E-state index is 9.04. The molecule has 1 aliphatic heterocycles. The molecule has 3 aromatic rings. The Morgan fingerprint density at radius 1 is 1.04 bits per heavy atom. The summed E-state index contributed by atoms with van der Waals surface area (Å²) < 4.78 is 1.97. The van der Waals surface area contributed by atoms with Crippen LogP contribution in [0.3, 0.4) is 0 Å². The Hall–Kier alpha value is -2.62. The van der Waals surface area contributed by atoms with Crippen LogP contribution in [-0.2, 0) is 6.54 Å². The lowest BCUT2D eigenvalue weighted by Gasteiger charge is -2.22. The Balaban J connectivity index is 1.43. The molecule has 0 aliphatic carbocycles. The molecule has 0 spiro atoms. The van der Waals surface area contributed by atoms with Gasteiger partial charge < -0.3 is 9.30 Å². The van der Waals surface area contributed by atoms with Crippen molar-refractivity contribution in [1.82, 2.24) is 19.3 Å². The van der Waals surface area contributed by atoms with Crippen LogP contribution in [0.1, 0.15) is 17.8 Å². The zero-order valence-corrected chi connectivity index (χ0v) is 15.1. The van der Waals surface area contributed by atoms with Crippen molar-refractivity contribution in [1.29, 1.82) is 5.26 Å². The fourth-order valence-corrected chi connectivity index (χ4v) is 3.51. The smallest absolute Gasteiger partial charge is 0.142 e. The Kier molecular flexibility index (Phi) is 4.74. The molecule has 0 aromatic carbocycles. The van der Waals surface area contributed by atoms with Gasteiger partial charge in [0.15, 0.2) is 0 Å². The van der Waals surface area contributed by atoms with E-state index in [1.165, 1.54) is 0 Å². The van der Waals surface area contributed by atoms with Gasteiger partial charge in [-0.15, -0.1) is 0 Å². The topological polar surface area (TPSA) is 60.5 Å². The number of hydrogen-bond acceptors (Lipinski definition) is 5. The van der Waals surface area contributed by atoms with Gasteiger partial charge in [-0.25, -0.2) is 9.97 Å². The molecule has 6 nitrogen and oxygen atoms in total. The summed E-state index contributed by atoms with van der Waals surface area (Å²) in [6.07, 6.45) is 4.98. The molecule has 26 heavy (non-hydrogen) atoms. The lowest BCUT2D eigenvalue weighted by molar-refractivity contribution is 0.282. The van der Waals surface area contributed by atoms with Gasteiger partial charge in [-0.3, -0.25) is 4.90 Å². The SMILES string of the molecule is N#Cc1cccc(N2CCCN(Cc3cn4cc(Cl)ccc4n3)CC2)n1. The summed E-state index contributed by atoms with van der Waals surface area (Å²) in [6, 6.07) is 11.5. The maximum Gasteiger partial charge on any atom is 0.142 e. The Labute approximate surface area is 157 Å². The number of hydrogen-bond donors (Lipinski definition) is 0. The highest BCUT2D eigenvalue weighted by Gasteiger charge is 2.17. The Bertz CT molecular complexity index is 960. The molecule has 1 fully saturated rings. The standard InChI is InChI=1S/C19H19ClN6/c20-15-5-6-19-23-17(14-26(19)12-15)13-24-7-2-8-25(10-9-24)18-4-1-3-16(11-21)22-18/h1,3-6,12,14H,2,7-10,13H2. The van der Waals surface area contributed by atoms with Crippen LogP contribution in [0.5, 0.6) is 0 Å². The lowest BCUT2D eigenvalue weighted by atomic mass is 10.3. The molecule has 0 saturated carbocycles. The first kappa shape index (κ1) is 16.8. The van der Waals surface area contributed by atoms with E-state index in [1.807, 2.05) is 41.1 Å². The molecule has 4 heterocycles. The van der Waals surface area contributed by atoms with Gasteiger partial charge in [0.1, 0.15) is 23.2 Å². The number of fused-ring (bicyclic) bond motifs is 1. The van der Waals surface area contributed by atoms with E-state index in [2.05, 4.69) is 25.8 Å². The van der Waals surface area contributed by atoms with E-state index in [4.69, 9.17) is 16.9 Å². The van der Waals surface area contributed by atoms with E-state index in [0.29, 0.717) is 10.7 Å². The van der Waals surface area contributed by atoms with Crippen LogP contribution in [0.15, 0.2) is 42.7 Å². The van der Waals surface area contributed by atoms with Crippen LogP contribution in [-0.4, -0.2) is 45.4 Å². The summed E-state index contributed by atoms with van der Waals surface area (Å²) in [5, 5.41) is 9.75. The normalized spacial score (nSPS) is 15.8. The first-order valence-electron chi connectivity index (χ1n) is 8.69. The Morgan fingerprint density at radius 3 is 2.85 bits per heavy atom. The van der Waals surface area contributed by atoms with Gasteiger partial charge in [0.25, 0.3) is 0 Å². The van der Waals surface area contributed by atoms with E-state index >= 15 is 0 Å². The number of imidazole rings is 1. The number of halogens is 1. The maximum atomic E-state index is 9.04. The van der Waals surface area contributed by atoms with Crippen LogP contribution < -0.4 is 4.90 Å². The number of anilines is 1. The summed E-state index contributed by atoms with van der Waals surface area (Å²) >= 11 is 6.05. The highest BCUT2D eigenvalue weighted by atomic mass is 35.5. The molecule has 0 amide bonds. The van der Waals surface area contributed by atoms with Crippen LogP contribution >= 0.6 is 11.6 Å². The van der Waals surface area contributed by atoms with E-state index in [-0.39, 0.29) is 0 Å². The highest BCUT2D eigenvalue weighted by molar-refractivity contribution is 6.30. The third-order valence-corrected chi connectivity index (χ3v) is 4.84. The van der Waals surface area contributed by atoms with Crippen LogP contribution in [0.2, 0.25) is 5.02 Å². The molecule has 0 unspecified atom stereocenters. The summed E-state index contributed by atoms with van der Waals surface area (Å²) in [5.41, 5.74) is 2.43. The summed E-state index contributed by atoms with van der Waals surface area (Å²) in [5.74, 6) is 0.883. The molecule has 7 heteroatoms. The van der Waals surface area contributed by atoms with Crippen molar-refractivity contribution < 1.29 is 0 Å². The third-order valence-electron chi connectivity index (χ3n) is 4.61. The average molecular weight is 367 g/mol. The first-order chi connectivity index (χ1) is 12.7. The molecule has 0 bridgehead atoms. The van der Waals surface area contributed by atoms with E-state index in [9.17, 15) is 0 Å². The molecule has 1 aliphatic rings. The van der Waals surface area contributed by atoms with Crippen molar-refractivity contribution in [2.24, 2.45) is 0 Å². The fraction of sp³-hybridized carbons (Fsp3) is 0.316. The third kappa shape index (κ3) is 3.64. The number of aromatic nitrogens is 3. The van der Waals surface area contributed by atoms with Gasteiger partial charge in [0.2, 0.25) is 0 Å². The molecule has 1 saturated heterocycles. The summed E-state index contributed by atoms with van der Waals surface area (Å²) in [4.78, 5) is 13.8. The summed E-state index contributed by atoms with van der Waals surface area (Å²) in [7, 11) is 0. The lowest BCUT2D eigenvalue weighted by Crippen LogP contribution is -2.31. The molecule has 0 radical (unpaired) electrons. The van der Waals surface area contributed by atoms with Crippen LogP contribution in [0.25, 0.3) is 5.65 Å². The second-order valence-electron chi connectivity index (χ2n) is 6.45. The summed E-state index contributed by atoms with van der Waals surface area (Å²) in [6.45, 7) is 4.61. The number of rotatable bonds is 3. The molecular weight excluding hydrogens is 348 g/mol. The molecule has 3 aromatic heterocycles. The molecule has 4 rings (SSSR count). The molecule has 0 atom stereocenters. The fourth-order valence-electron chi connectivity index (χ4n) is 3.34. The van der Waals surface area contributed by atoms with Crippen LogP contribution in [0, 0.1) is 11.3 Å². The number of nitriles is 1. The van der Waals surface area contributed by atoms with Gasteiger partial charge in [0.05, 0.1) is 10.7 Å². The second kappa shape index (κ2) is 7.32. The van der Waals surface area contributed by atoms with Gasteiger partial charge in [-0.2, -0.15) is 5.26 Å². The minimum Gasteiger partial charge on any atom is -0.355 e. The zero-order valence-electron chi connectivity index (χ0n) is 14.3. The van der Waals surface area contributed by atoms with Crippen molar-refractivity contribution in [3.05, 3.63) is 59.1 Å². The molecule has 132 valence electrons. The van der Waals surface area contributed by atoms with Gasteiger partial charge >= 0.3 is 0 Å². The highest BCUT2D eigenvalue weighted by Crippen LogP contribution is 2.17. The quantitative estimate of drug-likeness (QED) is 0.713. The number of pyridine rings is 2. The predicted molar refractivity (Wildman–Crippen MR) is 101 cm³/mol. The molecule has 0 N–H and O–H groups in total. The van der Waals surface area contributed by atoms with Gasteiger partial charge in [-0.1, -0.05) is 17.7 Å². The van der Waals surface area contributed by atoms with Crippen LogP contribution in [0.4, 0.5) is 5.82 Å². The largest absolute Gasteiger partial charge is 0.355 e. The minimum atomic E-state index is 0.465. The van der Waals surface area contributed by atoms with E-state index in [0.717, 1.165) is 56.3 Å². The zero-order chi connectivity index (χ0) is 17.9. The van der Waals surface area contributed by atoms with Gasteiger partial charge in [-0.05, 0) is 30.7 Å². The second-order valence-corrected chi connectivity index (χ2v) is 6.89. The van der Waals surface area contributed by atoms with Crippen molar-refractivity contribution in [3.8, 4) is 6.07 Å².